The van der Waals surface area contributed by atoms with E-state index in [1.54, 1.807) is 0 Å². The number of hydrogen-bond donors (Lipinski definition) is 1. The molecule has 0 spiro atoms. The Morgan fingerprint density at radius 3 is 2.54 bits per heavy atom. The zero-order valence-corrected chi connectivity index (χ0v) is 8.24. The van der Waals surface area contributed by atoms with E-state index >= 15 is 0 Å². The lowest BCUT2D eigenvalue weighted by Gasteiger charge is -2.40. The number of hydrogen-bond acceptors (Lipinski definition) is 3. The van der Waals surface area contributed by atoms with Crippen molar-refractivity contribution in [2.24, 2.45) is 5.73 Å². The Labute approximate surface area is 80.2 Å². The van der Waals surface area contributed by atoms with E-state index in [0.717, 1.165) is 32.3 Å². The van der Waals surface area contributed by atoms with Crippen molar-refractivity contribution in [1.29, 1.82) is 0 Å². The normalized spacial score (nSPS) is 29.5. The average molecular weight is 184 g/mol. The van der Waals surface area contributed by atoms with E-state index < -0.39 is 0 Å². The Kier molecular flexibility index (Phi) is 3.19. The second kappa shape index (κ2) is 4.40. The molecule has 0 aromatic heterocycles. The van der Waals surface area contributed by atoms with Crippen LogP contribution in [0, 0.1) is 0 Å². The van der Waals surface area contributed by atoms with Crippen LogP contribution >= 0.6 is 0 Å². The molecule has 1 aliphatic carbocycles. The molecule has 3 heteroatoms. The maximum absolute atomic E-state index is 5.63. The molecule has 2 N–H and O–H groups in total. The summed E-state index contributed by atoms with van der Waals surface area (Å²) in [6.45, 7) is 3.71. The van der Waals surface area contributed by atoms with E-state index in [9.17, 15) is 0 Å². The van der Waals surface area contributed by atoms with Crippen LogP contribution in [0.4, 0.5) is 0 Å². The van der Waals surface area contributed by atoms with Crippen LogP contribution in [0.3, 0.4) is 0 Å². The molecule has 1 saturated heterocycles. The van der Waals surface area contributed by atoms with Gasteiger partial charge in [0.1, 0.15) is 0 Å². The van der Waals surface area contributed by atoms with Gasteiger partial charge in [0, 0.05) is 31.8 Å². The molecule has 1 atom stereocenters. The van der Waals surface area contributed by atoms with Crippen molar-refractivity contribution < 1.29 is 4.74 Å². The summed E-state index contributed by atoms with van der Waals surface area (Å²) in [6.07, 6.45) is 5.35. The maximum atomic E-state index is 5.63. The molecular weight excluding hydrogens is 164 g/mol. The SMILES string of the molecule is NCCN(C1CCC1)C1CCOC1. The Hall–Kier alpha value is -0.120. The molecule has 2 fully saturated rings. The number of nitrogens with two attached hydrogens (primary N) is 1. The van der Waals surface area contributed by atoms with E-state index in [1.807, 2.05) is 0 Å². The summed E-state index contributed by atoms with van der Waals surface area (Å²) in [5.74, 6) is 0. The molecule has 1 aliphatic heterocycles. The number of ether oxygens (including phenoxy) is 1. The molecule has 0 amide bonds. The third-order valence-electron chi connectivity index (χ3n) is 3.31. The monoisotopic (exact) mass is 184 g/mol. The van der Waals surface area contributed by atoms with Gasteiger partial charge in [-0.1, -0.05) is 6.42 Å². The fourth-order valence-corrected chi connectivity index (χ4v) is 2.31. The highest BCUT2D eigenvalue weighted by atomic mass is 16.5. The molecule has 2 aliphatic rings. The van der Waals surface area contributed by atoms with Crippen LogP contribution in [0.2, 0.25) is 0 Å². The minimum Gasteiger partial charge on any atom is -0.380 e. The van der Waals surface area contributed by atoms with Gasteiger partial charge < -0.3 is 10.5 Å². The second-order valence-corrected chi connectivity index (χ2v) is 4.13. The first kappa shape index (κ1) is 9.44. The summed E-state index contributed by atoms with van der Waals surface area (Å²) < 4.78 is 5.42. The zero-order valence-electron chi connectivity index (χ0n) is 8.24. The van der Waals surface area contributed by atoms with Crippen LogP contribution in [0.5, 0.6) is 0 Å². The zero-order chi connectivity index (χ0) is 9.10. The molecule has 76 valence electrons. The fraction of sp³-hybridized carbons (Fsp3) is 1.00. The average Bonchev–Trinajstić information content (AvgIpc) is 2.51. The van der Waals surface area contributed by atoms with E-state index in [0.29, 0.717) is 6.04 Å². The van der Waals surface area contributed by atoms with Crippen LogP contribution in [0.15, 0.2) is 0 Å². The minimum absolute atomic E-state index is 0.661. The molecule has 0 bridgehead atoms. The second-order valence-electron chi connectivity index (χ2n) is 4.13. The molecule has 3 nitrogen and oxygen atoms in total. The molecule has 13 heavy (non-hydrogen) atoms. The lowest BCUT2D eigenvalue weighted by Crippen LogP contribution is -2.49. The third-order valence-corrected chi connectivity index (χ3v) is 3.31. The number of rotatable bonds is 4. The molecule has 1 unspecified atom stereocenters. The smallest absolute Gasteiger partial charge is 0.0622 e. The van der Waals surface area contributed by atoms with Gasteiger partial charge >= 0.3 is 0 Å². The van der Waals surface area contributed by atoms with E-state index in [2.05, 4.69) is 4.90 Å². The first-order chi connectivity index (χ1) is 6.42. The van der Waals surface area contributed by atoms with Crippen molar-refractivity contribution in [2.75, 3.05) is 26.3 Å². The molecule has 1 saturated carbocycles. The predicted octanol–water partition coefficient (Wildman–Crippen LogP) is 0.588. The summed E-state index contributed by atoms with van der Waals surface area (Å²) in [7, 11) is 0. The van der Waals surface area contributed by atoms with Crippen LogP contribution in [0.1, 0.15) is 25.7 Å². The topological polar surface area (TPSA) is 38.5 Å². The standard InChI is InChI=1S/C10H20N2O/c11-5-6-12(9-2-1-3-9)10-4-7-13-8-10/h9-10H,1-8,11H2. The van der Waals surface area contributed by atoms with Gasteiger partial charge in [0.25, 0.3) is 0 Å². The van der Waals surface area contributed by atoms with Gasteiger partial charge in [-0.2, -0.15) is 0 Å². The maximum Gasteiger partial charge on any atom is 0.0622 e. The Morgan fingerprint density at radius 2 is 2.08 bits per heavy atom. The first-order valence-electron chi connectivity index (χ1n) is 5.45. The summed E-state index contributed by atoms with van der Waals surface area (Å²) in [4.78, 5) is 2.58. The largest absolute Gasteiger partial charge is 0.380 e. The van der Waals surface area contributed by atoms with Gasteiger partial charge in [-0.15, -0.1) is 0 Å². The summed E-state index contributed by atoms with van der Waals surface area (Å²) in [5.41, 5.74) is 5.63. The van der Waals surface area contributed by atoms with Gasteiger partial charge in [-0.25, -0.2) is 0 Å². The van der Waals surface area contributed by atoms with E-state index in [-0.39, 0.29) is 0 Å². The fourth-order valence-electron chi connectivity index (χ4n) is 2.31. The third kappa shape index (κ3) is 2.03. The van der Waals surface area contributed by atoms with Gasteiger partial charge in [-0.05, 0) is 19.3 Å². The lowest BCUT2D eigenvalue weighted by molar-refractivity contribution is 0.0712. The Balaban J connectivity index is 1.86. The highest BCUT2D eigenvalue weighted by Crippen LogP contribution is 2.28. The summed E-state index contributed by atoms with van der Waals surface area (Å²) in [5, 5.41) is 0. The van der Waals surface area contributed by atoms with Crippen LogP contribution in [-0.2, 0) is 4.74 Å². The van der Waals surface area contributed by atoms with E-state index in [4.69, 9.17) is 10.5 Å². The summed E-state index contributed by atoms with van der Waals surface area (Å²) in [6, 6.07) is 1.48. The van der Waals surface area contributed by atoms with Crippen molar-refractivity contribution in [3.05, 3.63) is 0 Å². The first-order valence-corrected chi connectivity index (χ1v) is 5.45. The van der Waals surface area contributed by atoms with Crippen molar-refractivity contribution >= 4 is 0 Å². The highest BCUT2D eigenvalue weighted by molar-refractivity contribution is 4.86. The van der Waals surface area contributed by atoms with Gasteiger partial charge in [0.2, 0.25) is 0 Å². The van der Waals surface area contributed by atoms with Crippen LogP contribution in [0.25, 0.3) is 0 Å². The molecule has 0 radical (unpaired) electrons. The molecule has 2 rings (SSSR count). The van der Waals surface area contributed by atoms with Crippen molar-refractivity contribution in [1.82, 2.24) is 4.90 Å². The van der Waals surface area contributed by atoms with Crippen molar-refractivity contribution in [3.8, 4) is 0 Å². The molecule has 1 heterocycles. The predicted molar refractivity (Wildman–Crippen MR) is 52.6 cm³/mol. The van der Waals surface area contributed by atoms with Gasteiger partial charge in [-0.3, -0.25) is 4.90 Å². The quantitative estimate of drug-likeness (QED) is 0.695. The van der Waals surface area contributed by atoms with Crippen molar-refractivity contribution in [2.45, 2.75) is 37.8 Å². The Bertz CT molecular complexity index is 153. The van der Waals surface area contributed by atoms with Crippen LogP contribution in [-0.4, -0.2) is 43.3 Å². The van der Waals surface area contributed by atoms with Gasteiger partial charge in [0.05, 0.1) is 6.61 Å². The number of nitrogens with zero attached hydrogens (tertiary/aromatic N) is 1. The van der Waals surface area contributed by atoms with Crippen molar-refractivity contribution in [3.63, 3.8) is 0 Å². The van der Waals surface area contributed by atoms with E-state index in [1.165, 1.54) is 25.7 Å². The minimum atomic E-state index is 0.661. The Morgan fingerprint density at radius 1 is 1.23 bits per heavy atom. The lowest BCUT2D eigenvalue weighted by atomic mass is 9.90. The molecule has 0 aromatic rings. The molecular formula is C10H20N2O. The van der Waals surface area contributed by atoms with Gasteiger partial charge in [0.15, 0.2) is 0 Å². The molecule has 0 aromatic carbocycles. The highest BCUT2D eigenvalue weighted by Gasteiger charge is 2.31. The van der Waals surface area contributed by atoms with Crippen LogP contribution < -0.4 is 5.73 Å². The summed E-state index contributed by atoms with van der Waals surface area (Å²) >= 11 is 0.